The van der Waals surface area contributed by atoms with Crippen molar-refractivity contribution in [3.8, 4) is 0 Å². The van der Waals surface area contributed by atoms with E-state index in [2.05, 4.69) is 77.2 Å². The average Bonchev–Trinajstić information content (AvgIpc) is 2.32. The molecule has 0 fully saturated rings. The fourth-order valence-electron chi connectivity index (χ4n) is 2.31. The van der Waals surface area contributed by atoms with E-state index in [1.807, 2.05) is 0 Å². The molecule has 0 saturated carbocycles. The lowest BCUT2D eigenvalue weighted by Crippen LogP contribution is -2.39. The van der Waals surface area contributed by atoms with Crippen LogP contribution in [0.15, 0.2) is 30.3 Å². The van der Waals surface area contributed by atoms with Gasteiger partial charge in [0.05, 0.1) is 0 Å². The first-order valence-corrected chi connectivity index (χ1v) is 7.95. The lowest BCUT2D eigenvalue weighted by molar-refractivity contribution is 0.295. The summed E-state index contributed by atoms with van der Waals surface area (Å²) in [5.41, 5.74) is 2.09. The lowest BCUT2D eigenvalue weighted by Gasteiger charge is -2.27. The molecule has 1 N–H and O–H groups in total. The van der Waals surface area contributed by atoms with Gasteiger partial charge < -0.3 is 5.32 Å². The van der Waals surface area contributed by atoms with Gasteiger partial charge in [-0.25, -0.2) is 0 Å². The zero-order chi connectivity index (χ0) is 15.2. The van der Waals surface area contributed by atoms with Crippen LogP contribution in [0.2, 0.25) is 0 Å². The first kappa shape index (κ1) is 17.2. The van der Waals surface area contributed by atoms with E-state index in [1.54, 1.807) is 0 Å². The number of rotatable bonds is 6. The molecule has 0 bridgehead atoms. The molecule has 0 radical (unpaired) electrons. The molecule has 1 unspecified atom stereocenters. The predicted molar refractivity (Wildman–Crippen MR) is 90.1 cm³/mol. The van der Waals surface area contributed by atoms with Crippen LogP contribution in [0.25, 0.3) is 0 Å². The van der Waals surface area contributed by atoms with Crippen molar-refractivity contribution in [1.29, 1.82) is 0 Å². The lowest BCUT2D eigenvalue weighted by atomic mass is 9.84. The maximum Gasteiger partial charge on any atom is 0.00966 e. The molecule has 0 aliphatic heterocycles. The topological polar surface area (TPSA) is 12.0 Å². The first-order valence-electron chi connectivity index (χ1n) is 7.95. The molecule has 1 atom stereocenters. The van der Waals surface area contributed by atoms with Crippen molar-refractivity contribution < 1.29 is 0 Å². The van der Waals surface area contributed by atoms with Crippen LogP contribution in [0, 0.1) is 11.3 Å². The van der Waals surface area contributed by atoms with E-state index >= 15 is 0 Å². The SMILES string of the molecule is CC(C)(C)CCC(CNC(C)(C)C)Cc1ccccc1. The summed E-state index contributed by atoms with van der Waals surface area (Å²) in [6.45, 7) is 14.9. The zero-order valence-corrected chi connectivity index (χ0v) is 14.3. The molecule has 20 heavy (non-hydrogen) atoms. The minimum Gasteiger partial charge on any atom is -0.312 e. The van der Waals surface area contributed by atoms with Gasteiger partial charge in [0, 0.05) is 5.54 Å². The van der Waals surface area contributed by atoms with Gasteiger partial charge in [0.25, 0.3) is 0 Å². The van der Waals surface area contributed by atoms with Gasteiger partial charge >= 0.3 is 0 Å². The number of hydrogen-bond donors (Lipinski definition) is 1. The third-order valence-electron chi connectivity index (χ3n) is 3.59. The maximum absolute atomic E-state index is 3.68. The summed E-state index contributed by atoms with van der Waals surface area (Å²) < 4.78 is 0. The van der Waals surface area contributed by atoms with Gasteiger partial charge in [-0.05, 0) is 63.5 Å². The second-order valence-corrected chi connectivity index (χ2v) is 8.29. The fourth-order valence-corrected chi connectivity index (χ4v) is 2.31. The van der Waals surface area contributed by atoms with Gasteiger partial charge in [0.1, 0.15) is 0 Å². The smallest absolute Gasteiger partial charge is 0.00966 e. The van der Waals surface area contributed by atoms with Crippen molar-refractivity contribution in [3.63, 3.8) is 0 Å². The molecule has 0 aliphatic carbocycles. The van der Waals surface area contributed by atoms with Crippen molar-refractivity contribution in [3.05, 3.63) is 35.9 Å². The minimum atomic E-state index is 0.205. The summed E-state index contributed by atoms with van der Waals surface area (Å²) >= 11 is 0. The summed E-state index contributed by atoms with van der Waals surface area (Å²) in [4.78, 5) is 0. The molecule has 0 aromatic heterocycles. The highest BCUT2D eigenvalue weighted by atomic mass is 14.9. The molecule has 0 spiro atoms. The summed E-state index contributed by atoms with van der Waals surface area (Å²) in [5.74, 6) is 0.718. The van der Waals surface area contributed by atoms with E-state index in [0.29, 0.717) is 5.41 Å². The molecule has 0 heterocycles. The molecule has 0 amide bonds. The Hall–Kier alpha value is -0.820. The molecular weight excluding hydrogens is 242 g/mol. The first-order chi connectivity index (χ1) is 9.16. The van der Waals surface area contributed by atoms with E-state index in [1.165, 1.54) is 24.8 Å². The van der Waals surface area contributed by atoms with Crippen LogP contribution in [0.3, 0.4) is 0 Å². The van der Waals surface area contributed by atoms with E-state index in [4.69, 9.17) is 0 Å². The van der Waals surface area contributed by atoms with E-state index < -0.39 is 0 Å². The van der Waals surface area contributed by atoms with Crippen LogP contribution in [0.1, 0.15) is 59.9 Å². The third-order valence-corrected chi connectivity index (χ3v) is 3.59. The average molecular weight is 275 g/mol. The second kappa shape index (κ2) is 7.26. The van der Waals surface area contributed by atoms with E-state index in [-0.39, 0.29) is 5.54 Å². The largest absolute Gasteiger partial charge is 0.312 e. The highest BCUT2D eigenvalue weighted by molar-refractivity contribution is 5.15. The summed E-state index contributed by atoms with van der Waals surface area (Å²) in [6, 6.07) is 10.9. The van der Waals surface area contributed by atoms with Gasteiger partial charge in [0.15, 0.2) is 0 Å². The van der Waals surface area contributed by atoms with Crippen LogP contribution in [-0.4, -0.2) is 12.1 Å². The van der Waals surface area contributed by atoms with Crippen LogP contribution in [-0.2, 0) is 6.42 Å². The minimum absolute atomic E-state index is 0.205. The van der Waals surface area contributed by atoms with Crippen LogP contribution in [0.4, 0.5) is 0 Å². The van der Waals surface area contributed by atoms with E-state index in [0.717, 1.165) is 12.5 Å². The van der Waals surface area contributed by atoms with Gasteiger partial charge in [-0.1, -0.05) is 51.1 Å². The van der Waals surface area contributed by atoms with Crippen molar-refractivity contribution in [1.82, 2.24) is 5.32 Å². The number of benzene rings is 1. The van der Waals surface area contributed by atoms with Crippen molar-refractivity contribution >= 4 is 0 Å². The summed E-state index contributed by atoms with van der Waals surface area (Å²) in [6.07, 6.45) is 3.76. The second-order valence-electron chi connectivity index (χ2n) is 8.29. The fraction of sp³-hybridized carbons (Fsp3) is 0.684. The highest BCUT2D eigenvalue weighted by Gasteiger charge is 2.18. The maximum atomic E-state index is 3.68. The van der Waals surface area contributed by atoms with Gasteiger partial charge in [0.2, 0.25) is 0 Å². The number of nitrogens with one attached hydrogen (secondary N) is 1. The summed E-state index contributed by atoms with van der Waals surface area (Å²) in [5, 5.41) is 3.68. The molecule has 1 heteroatoms. The number of hydrogen-bond acceptors (Lipinski definition) is 1. The van der Waals surface area contributed by atoms with Crippen LogP contribution in [0.5, 0.6) is 0 Å². The van der Waals surface area contributed by atoms with Crippen LogP contribution >= 0.6 is 0 Å². The van der Waals surface area contributed by atoms with Gasteiger partial charge in [-0.15, -0.1) is 0 Å². The zero-order valence-electron chi connectivity index (χ0n) is 14.3. The predicted octanol–water partition coefficient (Wildman–Crippen LogP) is 5.06. The highest BCUT2D eigenvalue weighted by Crippen LogP contribution is 2.25. The molecule has 1 aromatic rings. The Morgan fingerprint density at radius 3 is 2.05 bits per heavy atom. The molecule has 1 nitrogen and oxygen atoms in total. The van der Waals surface area contributed by atoms with E-state index in [9.17, 15) is 0 Å². The summed E-state index contributed by atoms with van der Waals surface area (Å²) in [7, 11) is 0. The van der Waals surface area contributed by atoms with Crippen molar-refractivity contribution in [2.75, 3.05) is 6.54 Å². The standard InChI is InChI=1S/C19H33N/c1-18(2,3)13-12-17(15-20-19(4,5)6)14-16-10-8-7-9-11-16/h7-11,17,20H,12-15H2,1-6H3. The Balaban J connectivity index is 2.59. The van der Waals surface area contributed by atoms with Crippen molar-refractivity contribution in [2.24, 2.45) is 11.3 Å². The molecular formula is C19H33N. The Labute approximate surface area is 126 Å². The quantitative estimate of drug-likeness (QED) is 0.765. The Kier molecular flexibility index (Phi) is 6.26. The molecule has 1 rings (SSSR count). The Morgan fingerprint density at radius 1 is 0.950 bits per heavy atom. The molecule has 0 saturated heterocycles. The van der Waals surface area contributed by atoms with Crippen molar-refractivity contribution in [2.45, 2.75) is 66.3 Å². The monoisotopic (exact) mass is 275 g/mol. The third kappa shape index (κ3) is 8.37. The molecule has 1 aromatic carbocycles. The van der Waals surface area contributed by atoms with Gasteiger partial charge in [-0.2, -0.15) is 0 Å². The Bertz CT molecular complexity index is 349. The molecule has 0 aliphatic rings. The van der Waals surface area contributed by atoms with Gasteiger partial charge in [-0.3, -0.25) is 0 Å². The Morgan fingerprint density at radius 2 is 1.55 bits per heavy atom. The molecule has 114 valence electrons. The van der Waals surface area contributed by atoms with Crippen LogP contribution < -0.4 is 5.32 Å². The normalized spacial score (nSPS) is 14.3.